The maximum Gasteiger partial charge on any atom is 0.476 e. The van der Waals surface area contributed by atoms with E-state index >= 15 is 0 Å². The Kier molecular flexibility index (Phi) is 10.5. The van der Waals surface area contributed by atoms with E-state index in [0.717, 1.165) is 13.1 Å². The molecule has 2 aromatic rings. The molecule has 0 aliphatic heterocycles. The van der Waals surface area contributed by atoms with E-state index in [1.54, 1.807) is 38.1 Å². The predicted molar refractivity (Wildman–Crippen MR) is 124 cm³/mol. The molecule has 1 aromatic carbocycles. The lowest BCUT2D eigenvalue weighted by Gasteiger charge is -2.20. The zero-order valence-corrected chi connectivity index (χ0v) is 20.5. The number of rotatable bonds is 14. The number of benzene rings is 1. The van der Waals surface area contributed by atoms with Gasteiger partial charge in [0.25, 0.3) is 0 Å². The number of nitriles is 1. The molecule has 0 saturated carbocycles. The van der Waals surface area contributed by atoms with Crippen LogP contribution < -0.4 is 15.0 Å². The summed E-state index contributed by atoms with van der Waals surface area (Å²) < 4.78 is 34.0. The molecule has 0 spiro atoms. The largest absolute Gasteiger partial charge is 0.476 e. The summed E-state index contributed by atoms with van der Waals surface area (Å²) in [6.45, 7) is 11.7. The van der Waals surface area contributed by atoms with Gasteiger partial charge in [0.05, 0.1) is 19.3 Å². The molecule has 0 saturated heterocycles. The normalized spacial score (nSPS) is 12.1. The zero-order chi connectivity index (χ0) is 24.3. The lowest BCUT2D eigenvalue weighted by Crippen LogP contribution is -2.25. The summed E-state index contributed by atoms with van der Waals surface area (Å²) >= 11 is 0. The minimum atomic E-state index is -3.85. The topological polar surface area (TPSA) is 132 Å². The molecule has 0 aliphatic carbocycles. The second-order valence-electron chi connectivity index (χ2n) is 6.51. The molecule has 1 heterocycles. The molecule has 1 N–H and O–H groups in total. The van der Waals surface area contributed by atoms with Gasteiger partial charge in [-0.25, -0.2) is 4.57 Å². The smallest absolute Gasteiger partial charge is 0.424 e. The number of ether oxygens (including phenoxy) is 1. The van der Waals surface area contributed by atoms with Crippen molar-refractivity contribution in [1.29, 1.82) is 5.26 Å². The van der Waals surface area contributed by atoms with Gasteiger partial charge >= 0.3 is 13.8 Å². The van der Waals surface area contributed by atoms with Crippen LogP contribution in [0.25, 0.3) is 0 Å². The molecular weight excluding hydrogens is 447 g/mol. The molecule has 0 bridgehead atoms. The first-order valence-corrected chi connectivity index (χ1v) is 12.4. The summed E-state index contributed by atoms with van der Waals surface area (Å²) in [5.74, 6) is 1.38. The van der Waals surface area contributed by atoms with E-state index in [4.69, 9.17) is 18.3 Å². The summed E-state index contributed by atoms with van der Waals surface area (Å²) in [5.41, 5.74) is 0.470. The third-order valence-corrected chi connectivity index (χ3v) is 5.92. The van der Waals surface area contributed by atoms with E-state index < -0.39 is 13.9 Å². The van der Waals surface area contributed by atoms with Crippen molar-refractivity contribution in [3.63, 3.8) is 0 Å². The first-order valence-electron chi connectivity index (χ1n) is 10.9. The van der Waals surface area contributed by atoms with Gasteiger partial charge in [0.1, 0.15) is 5.75 Å². The van der Waals surface area contributed by atoms with E-state index in [0.29, 0.717) is 29.8 Å². The third-order valence-electron chi connectivity index (χ3n) is 4.30. The van der Waals surface area contributed by atoms with Crippen LogP contribution >= 0.6 is 7.82 Å². The van der Waals surface area contributed by atoms with Gasteiger partial charge in [0.2, 0.25) is 11.9 Å². The van der Waals surface area contributed by atoms with Crippen molar-refractivity contribution < 1.29 is 22.9 Å². The monoisotopic (exact) mass is 478 g/mol. The van der Waals surface area contributed by atoms with Gasteiger partial charge in [-0.3, -0.25) is 13.6 Å². The van der Waals surface area contributed by atoms with Crippen molar-refractivity contribution in [3.05, 3.63) is 29.8 Å². The maximum absolute atomic E-state index is 12.6. The Hall–Kier alpha value is -2.77. The summed E-state index contributed by atoms with van der Waals surface area (Å²) in [5, 5.41) is 12.6. The third kappa shape index (κ3) is 7.65. The Labute approximate surface area is 194 Å². The highest BCUT2D eigenvalue weighted by Gasteiger charge is 2.31. The first-order chi connectivity index (χ1) is 15.9. The molecule has 33 heavy (non-hydrogen) atoms. The Bertz CT molecular complexity index is 955. The van der Waals surface area contributed by atoms with Crippen LogP contribution in [0.5, 0.6) is 11.8 Å². The van der Waals surface area contributed by atoms with Gasteiger partial charge in [-0.05, 0) is 52.3 Å². The molecule has 0 amide bonds. The number of nitrogens with zero attached hydrogens (tertiary/aromatic N) is 5. The Morgan fingerprint density at radius 1 is 1.03 bits per heavy atom. The van der Waals surface area contributed by atoms with E-state index in [-0.39, 0.29) is 19.2 Å². The average molecular weight is 478 g/mol. The second-order valence-corrected chi connectivity index (χ2v) is 8.13. The zero-order valence-electron chi connectivity index (χ0n) is 19.6. The van der Waals surface area contributed by atoms with Crippen molar-refractivity contribution in [1.82, 2.24) is 15.0 Å². The fourth-order valence-corrected chi connectivity index (χ4v) is 4.05. The van der Waals surface area contributed by atoms with Crippen molar-refractivity contribution in [3.8, 4) is 17.8 Å². The van der Waals surface area contributed by atoms with Gasteiger partial charge < -0.3 is 15.0 Å². The number of phosphoric acid groups is 1. The van der Waals surface area contributed by atoms with Crippen LogP contribution in [0.4, 0.5) is 11.9 Å². The maximum atomic E-state index is 12.6. The van der Waals surface area contributed by atoms with E-state index in [9.17, 15) is 9.83 Å². The second kappa shape index (κ2) is 13.1. The molecule has 0 aliphatic rings. The first kappa shape index (κ1) is 26.5. The van der Waals surface area contributed by atoms with Gasteiger partial charge in [0.15, 0.2) is 6.10 Å². The lowest BCUT2D eigenvalue weighted by atomic mass is 10.1. The van der Waals surface area contributed by atoms with Crippen LogP contribution in [0.1, 0.15) is 46.3 Å². The molecule has 0 radical (unpaired) electrons. The highest BCUT2D eigenvalue weighted by atomic mass is 31.2. The SMILES string of the molecule is CCNc1nc(Oc2ccc(C(C#N)OP(=O)(OCC)OCC)cc2)nc(N(CC)CC)n1. The van der Waals surface area contributed by atoms with E-state index in [2.05, 4.69) is 20.3 Å². The molecule has 1 unspecified atom stereocenters. The molecule has 2 rings (SSSR count). The summed E-state index contributed by atoms with van der Waals surface area (Å²) in [6.07, 6.45) is -1.14. The Morgan fingerprint density at radius 2 is 1.67 bits per heavy atom. The fourth-order valence-electron chi connectivity index (χ4n) is 2.80. The van der Waals surface area contributed by atoms with Gasteiger partial charge in [-0.1, -0.05) is 12.1 Å². The van der Waals surface area contributed by atoms with Crippen LogP contribution in [-0.4, -0.2) is 47.8 Å². The summed E-state index contributed by atoms with van der Waals surface area (Å²) in [6, 6.07) is 8.65. The van der Waals surface area contributed by atoms with Crippen LogP contribution in [0.3, 0.4) is 0 Å². The van der Waals surface area contributed by atoms with Crippen LogP contribution in [-0.2, 0) is 18.1 Å². The van der Waals surface area contributed by atoms with Crippen molar-refractivity contribution >= 4 is 19.7 Å². The van der Waals surface area contributed by atoms with Crippen LogP contribution in [0.2, 0.25) is 0 Å². The van der Waals surface area contributed by atoms with Crippen molar-refractivity contribution in [2.45, 2.75) is 40.7 Å². The molecule has 1 atom stereocenters. The van der Waals surface area contributed by atoms with Crippen LogP contribution in [0, 0.1) is 11.3 Å². The fraction of sp³-hybridized carbons (Fsp3) is 0.524. The molecule has 12 heteroatoms. The van der Waals surface area contributed by atoms with E-state index in [1.165, 1.54) is 0 Å². The summed E-state index contributed by atoms with van der Waals surface area (Å²) in [4.78, 5) is 15.1. The number of aromatic nitrogens is 3. The molecule has 1 aromatic heterocycles. The Morgan fingerprint density at radius 3 is 2.18 bits per heavy atom. The molecule has 180 valence electrons. The standard InChI is InChI=1S/C21H31N6O5P/c1-6-23-19-24-20(27(7-2)8-3)26-21(25-19)31-17-13-11-16(12-14-17)18(15-22)32-33(28,29-9-4)30-10-5/h11-14,18H,6-10H2,1-5H3,(H,23,24,25,26). The van der Waals surface area contributed by atoms with Crippen molar-refractivity contribution in [2.75, 3.05) is 43.1 Å². The van der Waals surface area contributed by atoms with Gasteiger partial charge in [-0.15, -0.1) is 0 Å². The van der Waals surface area contributed by atoms with Gasteiger partial charge in [0, 0.05) is 19.6 Å². The minimum absolute atomic E-state index is 0.124. The molecular formula is C21H31N6O5P. The van der Waals surface area contributed by atoms with Crippen molar-refractivity contribution in [2.24, 2.45) is 0 Å². The van der Waals surface area contributed by atoms with Gasteiger partial charge in [-0.2, -0.15) is 20.2 Å². The van der Waals surface area contributed by atoms with E-state index in [1.807, 2.05) is 31.7 Å². The number of phosphoric ester groups is 1. The highest BCUT2D eigenvalue weighted by molar-refractivity contribution is 7.48. The number of hydrogen-bond acceptors (Lipinski definition) is 11. The minimum Gasteiger partial charge on any atom is -0.424 e. The lowest BCUT2D eigenvalue weighted by molar-refractivity contribution is 0.103. The highest BCUT2D eigenvalue weighted by Crippen LogP contribution is 2.52. The average Bonchev–Trinajstić information content (AvgIpc) is 2.79. The number of anilines is 2. The quantitative estimate of drug-likeness (QED) is 0.379. The Balaban J connectivity index is 2.22. The molecule has 11 nitrogen and oxygen atoms in total. The van der Waals surface area contributed by atoms with Crippen LogP contribution in [0.15, 0.2) is 24.3 Å². The number of hydrogen-bond donors (Lipinski definition) is 1. The predicted octanol–water partition coefficient (Wildman–Crippen LogP) is 4.70. The molecule has 0 fully saturated rings. The summed E-state index contributed by atoms with van der Waals surface area (Å²) in [7, 11) is -3.85. The number of nitrogens with one attached hydrogen (secondary N) is 1.